The third kappa shape index (κ3) is 5.01. The average Bonchev–Trinajstić information content (AvgIpc) is 3.52. The van der Waals surface area contributed by atoms with Crippen LogP contribution < -0.4 is 5.32 Å². The highest BCUT2D eigenvalue weighted by Gasteiger charge is 2.52. The molecule has 3 aromatic rings. The van der Waals surface area contributed by atoms with Crippen LogP contribution in [0.4, 0.5) is 4.79 Å². The number of nitrogens with one attached hydrogen (secondary N) is 1. The van der Waals surface area contributed by atoms with Crippen LogP contribution in [-0.4, -0.2) is 43.9 Å². The van der Waals surface area contributed by atoms with E-state index in [1.807, 2.05) is 64.1 Å². The van der Waals surface area contributed by atoms with E-state index in [0.29, 0.717) is 4.88 Å². The first-order valence-corrected chi connectivity index (χ1v) is 13.2. The predicted octanol–water partition coefficient (Wildman–Crippen LogP) is 6.11. The van der Waals surface area contributed by atoms with Gasteiger partial charge in [0.05, 0.1) is 16.1 Å². The van der Waals surface area contributed by atoms with E-state index in [1.54, 1.807) is 6.07 Å². The minimum Gasteiger partial charge on any atom is -0.449 e. The Morgan fingerprint density at radius 1 is 0.946 bits per heavy atom. The highest BCUT2D eigenvalue weighted by molar-refractivity contribution is 7.14. The summed E-state index contributed by atoms with van der Waals surface area (Å²) in [5.74, 6) is -0.0101. The van der Waals surface area contributed by atoms with E-state index in [9.17, 15) is 9.59 Å². The molecule has 1 aromatic heterocycles. The van der Waals surface area contributed by atoms with Gasteiger partial charge in [0.15, 0.2) is 6.29 Å². The maximum Gasteiger partial charge on any atom is 0.492 e. The predicted molar refractivity (Wildman–Crippen MR) is 147 cm³/mol. The van der Waals surface area contributed by atoms with Gasteiger partial charge in [-0.15, -0.1) is 11.3 Å². The third-order valence-corrected chi connectivity index (χ3v) is 8.39. The largest absolute Gasteiger partial charge is 0.492 e. The number of alkyl carbamates (subject to hydrolysis) is 1. The lowest BCUT2D eigenvalue weighted by Gasteiger charge is -2.32. The summed E-state index contributed by atoms with van der Waals surface area (Å²) in [6.45, 7) is 8.36. The Hall–Kier alpha value is -3.20. The molecule has 37 heavy (non-hydrogen) atoms. The number of hydrogen-bond donors (Lipinski definition) is 1. The van der Waals surface area contributed by atoms with E-state index in [-0.39, 0.29) is 19.1 Å². The number of rotatable bonds is 7. The molecule has 8 heteroatoms. The zero-order valence-corrected chi connectivity index (χ0v) is 22.3. The first-order chi connectivity index (χ1) is 17.7. The molecule has 0 spiro atoms. The Bertz CT molecular complexity index is 1300. The zero-order valence-electron chi connectivity index (χ0n) is 21.4. The van der Waals surface area contributed by atoms with Gasteiger partial charge in [0.1, 0.15) is 6.61 Å². The van der Waals surface area contributed by atoms with Crippen molar-refractivity contribution < 1.29 is 23.6 Å². The summed E-state index contributed by atoms with van der Waals surface area (Å²) >= 11 is 1.37. The second-order valence-corrected chi connectivity index (χ2v) is 11.5. The van der Waals surface area contributed by atoms with Gasteiger partial charge < -0.3 is 19.4 Å². The second kappa shape index (κ2) is 9.93. The maximum absolute atomic E-state index is 12.8. The van der Waals surface area contributed by atoms with E-state index in [0.717, 1.165) is 27.8 Å². The first-order valence-electron chi connectivity index (χ1n) is 12.4. The van der Waals surface area contributed by atoms with Gasteiger partial charge >= 0.3 is 13.2 Å². The van der Waals surface area contributed by atoms with E-state index in [1.165, 1.54) is 22.5 Å². The van der Waals surface area contributed by atoms with Crippen molar-refractivity contribution >= 4 is 36.9 Å². The van der Waals surface area contributed by atoms with Crippen molar-refractivity contribution in [1.82, 2.24) is 5.32 Å². The monoisotopic (exact) mass is 515 g/mol. The van der Waals surface area contributed by atoms with Crippen molar-refractivity contribution in [3.63, 3.8) is 0 Å². The molecule has 1 N–H and O–H groups in total. The second-order valence-electron chi connectivity index (χ2n) is 10.3. The number of ether oxygens (including phenoxy) is 1. The molecule has 2 aliphatic rings. The fourth-order valence-corrected chi connectivity index (χ4v) is 5.52. The lowest BCUT2D eigenvalue weighted by Crippen LogP contribution is -2.41. The topological polar surface area (TPSA) is 73.9 Å². The summed E-state index contributed by atoms with van der Waals surface area (Å²) in [7, 11) is -0.638. The molecule has 1 fully saturated rings. The molecule has 1 aliphatic heterocycles. The maximum atomic E-state index is 12.8. The lowest BCUT2D eigenvalue weighted by atomic mass is 9.77. The number of thiophene rings is 1. The van der Waals surface area contributed by atoms with Crippen molar-refractivity contribution in [2.24, 2.45) is 0 Å². The quantitative estimate of drug-likeness (QED) is 0.304. The van der Waals surface area contributed by atoms with Crippen molar-refractivity contribution in [3.8, 4) is 11.1 Å². The van der Waals surface area contributed by atoms with Crippen molar-refractivity contribution in [2.75, 3.05) is 13.2 Å². The van der Waals surface area contributed by atoms with Crippen molar-refractivity contribution in [1.29, 1.82) is 0 Å². The number of benzene rings is 2. The fourth-order valence-electron chi connectivity index (χ4n) is 4.71. The Morgan fingerprint density at radius 3 is 2.08 bits per heavy atom. The smallest absolute Gasteiger partial charge is 0.449 e. The summed E-state index contributed by atoms with van der Waals surface area (Å²) in [5, 5.41) is 2.87. The van der Waals surface area contributed by atoms with Gasteiger partial charge in [-0.3, -0.25) is 4.79 Å². The highest BCUT2D eigenvalue weighted by Crippen LogP contribution is 2.44. The first kappa shape index (κ1) is 25.5. The number of amides is 1. The normalized spacial score (nSPS) is 17.8. The third-order valence-electron chi connectivity index (χ3n) is 7.43. The fraction of sp³-hybridized carbons (Fsp3) is 0.310. The van der Waals surface area contributed by atoms with Crippen LogP contribution in [0.3, 0.4) is 0 Å². The standard InChI is InChI=1S/C29H30BNO5S/c1-28(2)29(3,4)36-30(35-28)19(15-20-13-14-21(17-32)37-20)16-31-27(33)34-18-26-24-11-7-5-9-22(24)23-10-6-8-12-25(23)26/h5-15,17,26H,16,18H2,1-4H3,(H,31,33). The van der Waals surface area contributed by atoms with Crippen LogP contribution >= 0.6 is 11.3 Å². The average molecular weight is 515 g/mol. The number of aldehydes is 1. The molecular formula is C29H30BNO5S. The van der Waals surface area contributed by atoms with Crippen LogP contribution in [0.5, 0.6) is 0 Å². The number of carbonyl (C=O) groups is 2. The summed E-state index contributed by atoms with van der Waals surface area (Å²) in [5.41, 5.74) is 4.39. The minimum atomic E-state index is -0.638. The molecule has 1 amide bonds. The van der Waals surface area contributed by atoms with Crippen molar-refractivity contribution in [2.45, 2.75) is 44.8 Å². The van der Waals surface area contributed by atoms with Gasteiger partial charge in [0.2, 0.25) is 0 Å². The van der Waals surface area contributed by atoms with Gasteiger partial charge in [-0.1, -0.05) is 48.5 Å². The summed E-state index contributed by atoms with van der Waals surface area (Å²) in [6, 6.07) is 20.1. The van der Waals surface area contributed by atoms with Crippen LogP contribution in [0.2, 0.25) is 0 Å². The SMILES string of the molecule is CC1(C)OB(C(=Cc2ccc(C=O)s2)CNC(=O)OCC2c3ccccc3-c3ccccc32)OC1(C)C. The van der Waals surface area contributed by atoms with Crippen LogP contribution in [0.15, 0.2) is 66.1 Å². The van der Waals surface area contributed by atoms with Crippen LogP contribution in [0.1, 0.15) is 59.3 Å². The number of hydrogen-bond acceptors (Lipinski definition) is 6. The molecule has 0 bridgehead atoms. The Kier molecular flexibility index (Phi) is 6.83. The Morgan fingerprint density at radius 2 is 1.51 bits per heavy atom. The van der Waals surface area contributed by atoms with Gasteiger partial charge in [-0.05, 0) is 73.6 Å². The molecule has 0 radical (unpaired) electrons. The molecule has 2 aromatic carbocycles. The molecule has 6 nitrogen and oxygen atoms in total. The van der Waals surface area contributed by atoms with Gasteiger partial charge in [-0.2, -0.15) is 0 Å². The molecular weight excluding hydrogens is 485 g/mol. The van der Waals surface area contributed by atoms with Gasteiger partial charge in [0, 0.05) is 17.3 Å². The molecule has 2 heterocycles. The molecule has 0 saturated carbocycles. The van der Waals surface area contributed by atoms with Crippen LogP contribution in [0, 0.1) is 0 Å². The van der Waals surface area contributed by atoms with Gasteiger partial charge in [0.25, 0.3) is 0 Å². The van der Waals surface area contributed by atoms with Crippen molar-refractivity contribution in [3.05, 3.63) is 87.0 Å². The molecule has 0 unspecified atom stereocenters. The Labute approximate surface area is 221 Å². The molecule has 1 aliphatic carbocycles. The summed E-state index contributed by atoms with van der Waals surface area (Å²) in [6.07, 6.45) is 2.22. The van der Waals surface area contributed by atoms with Crippen LogP contribution in [0.25, 0.3) is 17.2 Å². The van der Waals surface area contributed by atoms with Crippen LogP contribution in [-0.2, 0) is 14.0 Å². The van der Waals surface area contributed by atoms with E-state index in [4.69, 9.17) is 14.0 Å². The molecule has 5 rings (SSSR count). The van der Waals surface area contributed by atoms with E-state index in [2.05, 4.69) is 29.6 Å². The highest BCUT2D eigenvalue weighted by atomic mass is 32.1. The molecule has 1 saturated heterocycles. The molecule has 0 atom stereocenters. The summed E-state index contributed by atoms with van der Waals surface area (Å²) < 4.78 is 18.2. The summed E-state index contributed by atoms with van der Waals surface area (Å²) in [4.78, 5) is 25.5. The number of fused-ring (bicyclic) bond motifs is 3. The minimum absolute atomic E-state index is 0.0101. The lowest BCUT2D eigenvalue weighted by molar-refractivity contribution is 0.00578. The Balaban J connectivity index is 1.29. The number of carbonyl (C=O) groups excluding carboxylic acids is 2. The van der Waals surface area contributed by atoms with E-state index >= 15 is 0 Å². The van der Waals surface area contributed by atoms with Gasteiger partial charge in [-0.25, -0.2) is 4.79 Å². The molecule has 190 valence electrons. The zero-order chi connectivity index (χ0) is 26.2. The van der Waals surface area contributed by atoms with E-state index < -0.39 is 24.4 Å².